The van der Waals surface area contributed by atoms with Crippen molar-refractivity contribution in [1.29, 1.82) is 0 Å². The summed E-state index contributed by atoms with van der Waals surface area (Å²) in [5, 5.41) is 10.9. The van der Waals surface area contributed by atoms with Gasteiger partial charge < -0.3 is 10.2 Å². The fourth-order valence-corrected chi connectivity index (χ4v) is 3.63. The van der Waals surface area contributed by atoms with Gasteiger partial charge in [0.05, 0.1) is 12.2 Å². The minimum absolute atomic E-state index is 0. The van der Waals surface area contributed by atoms with Gasteiger partial charge >= 0.3 is 0 Å². The molecule has 1 N–H and O–H groups in total. The summed E-state index contributed by atoms with van der Waals surface area (Å²) in [7, 11) is 3.87. The Labute approximate surface area is 164 Å². The number of halogens is 1. The first-order valence-corrected chi connectivity index (χ1v) is 9.10. The van der Waals surface area contributed by atoms with Crippen LogP contribution >= 0.6 is 46.7 Å². The SMILES string of the molecule is CN=C(NCc1nc(C(C)(C)C)cs1)N(C)Cc1ccsc1.I. The van der Waals surface area contributed by atoms with E-state index in [1.54, 1.807) is 22.7 Å². The summed E-state index contributed by atoms with van der Waals surface area (Å²) in [5.74, 6) is 0.888. The van der Waals surface area contributed by atoms with Gasteiger partial charge in [-0.3, -0.25) is 4.99 Å². The average Bonchev–Trinajstić information content (AvgIpc) is 3.09. The standard InChI is InChI=1S/C16H24N4S2.HI/c1-16(2,3)13-11-22-14(19-13)8-18-15(17-4)20(5)9-12-6-7-21-10-12;/h6-7,10-11H,8-9H2,1-5H3,(H,17,18);1H. The van der Waals surface area contributed by atoms with Gasteiger partial charge in [0.2, 0.25) is 0 Å². The maximum atomic E-state index is 4.71. The van der Waals surface area contributed by atoms with Gasteiger partial charge in [-0.25, -0.2) is 4.98 Å². The molecule has 0 aliphatic carbocycles. The quantitative estimate of drug-likeness (QED) is 0.416. The molecule has 0 unspecified atom stereocenters. The number of hydrogen-bond acceptors (Lipinski definition) is 4. The Morgan fingerprint density at radius 2 is 2.09 bits per heavy atom. The topological polar surface area (TPSA) is 40.5 Å². The minimum atomic E-state index is 0. The molecule has 0 bridgehead atoms. The molecule has 23 heavy (non-hydrogen) atoms. The third-order valence-corrected chi connectivity index (χ3v) is 4.87. The van der Waals surface area contributed by atoms with E-state index in [0.717, 1.165) is 23.2 Å². The highest BCUT2D eigenvalue weighted by atomic mass is 127. The summed E-state index contributed by atoms with van der Waals surface area (Å²) in [6.07, 6.45) is 0. The molecular formula is C16H25IN4S2. The number of guanidine groups is 1. The summed E-state index contributed by atoms with van der Waals surface area (Å²) in [4.78, 5) is 11.2. The highest BCUT2D eigenvalue weighted by Gasteiger charge is 2.17. The van der Waals surface area contributed by atoms with Gasteiger partial charge in [0.1, 0.15) is 5.01 Å². The van der Waals surface area contributed by atoms with E-state index < -0.39 is 0 Å². The fraction of sp³-hybridized carbons (Fsp3) is 0.500. The second-order valence-electron chi connectivity index (χ2n) is 6.26. The lowest BCUT2D eigenvalue weighted by Crippen LogP contribution is -2.37. The van der Waals surface area contributed by atoms with Crippen LogP contribution in [-0.4, -0.2) is 29.9 Å². The van der Waals surface area contributed by atoms with Crippen molar-refractivity contribution in [3.05, 3.63) is 38.5 Å². The molecule has 2 aromatic rings. The van der Waals surface area contributed by atoms with Crippen molar-refractivity contribution in [3.63, 3.8) is 0 Å². The molecule has 2 aromatic heterocycles. The molecular weight excluding hydrogens is 439 g/mol. The fourth-order valence-electron chi connectivity index (χ4n) is 2.01. The van der Waals surface area contributed by atoms with Crippen molar-refractivity contribution in [2.75, 3.05) is 14.1 Å². The monoisotopic (exact) mass is 464 g/mol. The number of rotatable bonds is 4. The van der Waals surface area contributed by atoms with Crippen molar-refractivity contribution in [2.45, 2.75) is 39.3 Å². The first kappa shape index (κ1) is 20.4. The van der Waals surface area contributed by atoms with E-state index in [0.29, 0.717) is 6.54 Å². The molecule has 0 amide bonds. The molecule has 0 saturated heterocycles. The van der Waals surface area contributed by atoms with Gasteiger partial charge in [-0.05, 0) is 22.4 Å². The van der Waals surface area contributed by atoms with Crippen molar-refractivity contribution in [3.8, 4) is 0 Å². The predicted octanol–water partition coefficient (Wildman–Crippen LogP) is 4.33. The van der Waals surface area contributed by atoms with E-state index in [-0.39, 0.29) is 29.4 Å². The van der Waals surface area contributed by atoms with Gasteiger partial charge in [0, 0.05) is 31.4 Å². The molecule has 2 rings (SSSR count). The van der Waals surface area contributed by atoms with Crippen LogP contribution in [0.3, 0.4) is 0 Å². The Kier molecular flexibility index (Phi) is 7.96. The number of aromatic nitrogens is 1. The summed E-state index contributed by atoms with van der Waals surface area (Å²) in [6, 6.07) is 2.14. The molecule has 0 saturated carbocycles. The highest BCUT2D eigenvalue weighted by molar-refractivity contribution is 14.0. The van der Waals surface area contributed by atoms with Crippen LogP contribution in [0, 0.1) is 0 Å². The molecule has 0 radical (unpaired) electrons. The molecule has 0 aliphatic rings. The number of aliphatic imine (C=N–C) groups is 1. The maximum Gasteiger partial charge on any atom is 0.194 e. The molecule has 0 atom stereocenters. The molecule has 4 nitrogen and oxygen atoms in total. The lowest BCUT2D eigenvalue weighted by molar-refractivity contribution is 0.477. The van der Waals surface area contributed by atoms with E-state index in [2.05, 4.69) is 65.2 Å². The molecule has 0 aliphatic heterocycles. The van der Waals surface area contributed by atoms with Crippen molar-refractivity contribution >= 4 is 52.6 Å². The van der Waals surface area contributed by atoms with Gasteiger partial charge in [-0.2, -0.15) is 11.3 Å². The van der Waals surface area contributed by atoms with Crippen LogP contribution in [-0.2, 0) is 18.5 Å². The van der Waals surface area contributed by atoms with Gasteiger partial charge in [-0.1, -0.05) is 20.8 Å². The molecule has 7 heteroatoms. The summed E-state index contributed by atoms with van der Waals surface area (Å²) < 4.78 is 0. The smallest absolute Gasteiger partial charge is 0.194 e. The third-order valence-electron chi connectivity index (χ3n) is 3.29. The largest absolute Gasteiger partial charge is 0.350 e. The Hall–Kier alpha value is -0.670. The van der Waals surface area contributed by atoms with Crippen LogP contribution in [0.1, 0.15) is 37.0 Å². The highest BCUT2D eigenvalue weighted by Crippen LogP contribution is 2.23. The van der Waals surface area contributed by atoms with Crippen LogP contribution in [0.2, 0.25) is 0 Å². The molecule has 0 aromatic carbocycles. The summed E-state index contributed by atoms with van der Waals surface area (Å²) in [5.41, 5.74) is 2.56. The minimum Gasteiger partial charge on any atom is -0.350 e. The second-order valence-corrected chi connectivity index (χ2v) is 7.99. The Bertz CT molecular complexity index is 614. The van der Waals surface area contributed by atoms with Crippen LogP contribution in [0.15, 0.2) is 27.2 Å². The number of thiophene rings is 1. The Balaban J connectivity index is 0.00000264. The van der Waals surface area contributed by atoms with E-state index in [1.807, 2.05) is 7.05 Å². The maximum absolute atomic E-state index is 4.71. The summed E-state index contributed by atoms with van der Waals surface area (Å²) in [6.45, 7) is 8.13. The zero-order chi connectivity index (χ0) is 16.2. The van der Waals surface area contributed by atoms with E-state index >= 15 is 0 Å². The Morgan fingerprint density at radius 1 is 1.35 bits per heavy atom. The zero-order valence-electron chi connectivity index (χ0n) is 14.3. The molecule has 0 spiro atoms. The van der Waals surface area contributed by atoms with Crippen molar-refractivity contribution in [1.82, 2.24) is 15.2 Å². The van der Waals surface area contributed by atoms with Crippen LogP contribution < -0.4 is 5.32 Å². The Morgan fingerprint density at radius 3 is 2.61 bits per heavy atom. The number of nitrogens with one attached hydrogen (secondary N) is 1. The number of hydrogen-bond donors (Lipinski definition) is 1. The predicted molar refractivity (Wildman–Crippen MR) is 112 cm³/mol. The van der Waals surface area contributed by atoms with Crippen LogP contribution in [0.5, 0.6) is 0 Å². The average molecular weight is 464 g/mol. The zero-order valence-corrected chi connectivity index (χ0v) is 18.3. The first-order valence-electron chi connectivity index (χ1n) is 7.28. The van der Waals surface area contributed by atoms with Crippen LogP contribution in [0.4, 0.5) is 0 Å². The lowest BCUT2D eigenvalue weighted by atomic mass is 9.93. The second kappa shape index (κ2) is 8.98. The number of nitrogens with zero attached hydrogens (tertiary/aromatic N) is 3. The molecule has 0 fully saturated rings. The van der Waals surface area contributed by atoms with Crippen molar-refractivity contribution < 1.29 is 0 Å². The molecule has 2 heterocycles. The van der Waals surface area contributed by atoms with E-state index in [4.69, 9.17) is 4.98 Å². The van der Waals surface area contributed by atoms with E-state index in [9.17, 15) is 0 Å². The van der Waals surface area contributed by atoms with Crippen LogP contribution in [0.25, 0.3) is 0 Å². The molecule has 128 valence electrons. The normalized spacial score (nSPS) is 12.0. The third kappa shape index (κ3) is 6.04. The first-order chi connectivity index (χ1) is 10.4. The van der Waals surface area contributed by atoms with Gasteiger partial charge in [-0.15, -0.1) is 35.3 Å². The lowest BCUT2D eigenvalue weighted by Gasteiger charge is -2.21. The van der Waals surface area contributed by atoms with Gasteiger partial charge in [0.15, 0.2) is 5.96 Å². The number of thiazole rings is 1. The van der Waals surface area contributed by atoms with Gasteiger partial charge in [0.25, 0.3) is 0 Å². The summed E-state index contributed by atoms with van der Waals surface area (Å²) >= 11 is 3.42. The van der Waals surface area contributed by atoms with E-state index in [1.165, 1.54) is 5.56 Å². The van der Waals surface area contributed by atoms with Crippen molar-refractivity contribution in [2.24, 2.45) is 4.99 Å².